The van der Waals surface area contributed by atoms with Crippen LogP contribution in [0.2, 0.25) is 0 Å². The molecule has 1 aliphatic rings. The van der Waals surface area contributed by atoms with Crippen LogP contribution in [0.3, 0.4) is 0 Å². The highest BCUT2D eigenvalue weighted by Crippen LogP contribution is 2.37. The molecule has 0 amide bonds. The minimum atomic E-state index is 0.474. The Kier molecular flexibility index (Phi) is 2.90. The van der Waals surface area contributed by atoms with Gasteiger partial charge in [-0.1, -0.05) is 6.92 Å². The van der Waals surface area contributed by atoms with Crippen molar-refractivity contribution in [3.05, 3.63) is 16.8 Å². The van der Waals surface area contributed by atoms with Crippen molar-refractivity contribution in [3.63, 3.8) is 0 Å². The Morgan fingerprint density at radius 1 is 1.59 bits per heavy atom. The van der Waals surface area contributed by atoms with Gasteiger partial charge >= 0.3 is 0 Å². The molecule has 5 nitrogen and oxygen atoms in total. The lowest BCUT2D eigenvalue weighted by Gasteiger charge is -2.21. The number of nitrogens with one attached hydrogen (secondary N) is 2. The molecule has 90 valence electrons. The third kappa shape index (κ3) is 1.98. The summed E-state index contributed by atoms with van der Waals surface area (Å²) in [6.07, 6.45) is 5.24. The second-order valence-electron chi connectivity index (χ2n) is 4.19. The average molecular weight is 249 g/mol. The summed E-state index contributed by atoms with van der Waals surface area (Å²) >= 11 is 1.74. The molecule has 3 rings (SSSR count). The van der Waals surface area contributed by atoms with Gasteiger partial charge in [-0.05, 0) is 25.8 Å². The molecule has 0 aromatic carbocycles. The molecular formula is C11H15N5S. The van der Waals surface area contributed by atoms with Crippen molar-refractivity contribution in [2.45, 2.75) is 32.2 Å². The van der Waals surface area contributed by atoms with E-state index in [0.717, 1.165) is 23.7 Å². The molecule has 2 aromatic heterocycles. The van der Waals surface area contributed by atoms with E-state index in [1.165, 1.54) is 23.4 Å². The van der Waals surface area contributed by atoms with Crippen LogP contribution in [0.15, 0.2) is 6.20 Å². The minimum absolute atomic E-state index is 0.474. The summed E-state index contributed by atoms with van der Waals surface area (Å²) < 4.78 is 0. The van der Waals surface area contributed by atoms with E-state index in [1.807, 2.05) is 0 Å². The van der Waals surface area contributed by atoms with Gasteiger partial charge < -0.3 is 5.32 Å². The standard InChI is InChI=1S/C11H15N5S/c1-2-12-7-4-3-5-8-10(7)17-11(14-8)9-6-13-16-15-9/h6-7,12H,2-5H2,1H3,(H,13,15,16). The smallest absolute Gasteiger partial charge is 0.145 e. The summed E-state index contributed by atoms with van der Waals surface area (Å²) in [7, 11) is 0. The van der Waals surface area contributed by atoms with Crippen LogP contribution in [0.5, 0.6) is 0 Å². The summed E-state index contributed by atoms with van der Waals surface area (Å²) in [5.41, 5.74) is 2.09. The van der Waals surface area contributed by atoms with Crippen molar-refractivity contribution in [1.82, 2.24) is 25.7 Å². The van der Waals surface area contributed by atoms with E-state index in [0.29, 0.717) is 6.04 Å². The van der Waals surface area contributed by atoms with Crippen molar-refractivity contribution in [2.75, 3.05) is 6.54 Å². The molecule has 0 saturated carbocycles. The van der Waals surface area contributed by atoms with Gasteiger partial charge in [-0.3, -0.25) is 0 Å². The molecule has 6 heteroatoms. The Morgan fingerprint density at radius 2 is 2.53 bits per heavy atom. The van der Waals surface area contributed by atoms with Gasteiger partial charge in [0.1, 0.15) is 10.7 Å². The van der Waals surface area contributed by atoms with E-state index in [1.54, 1.807) is 17.5 Å². The van der Waals surface area contributed by atoms with Crippen LogP contribution < -0.4 is 5.32 Å². The number of aromatic amines is 1. The van der Waals surface area contributed by atoms with Gasteiger partial charge in [-0.2, -0.15) is 15.4 Å². The van der Waals surface area contributed by atoms with Crippen molar-refractivity contribution < 1.29 is 0 Å². The second-order valence-corrected chi connectivity index (χ2v) is 5.22. The second kappa shape index (κ2) is 4.54. The number of aromatic nitrogens is 4. The zero-order valence-electron chi connectivity index (χ0n) is 9.73. The van der Waals surface area contributed by atoms with E-state index in [9.17, 15) is 0 Å². The monoisotopic (exact) mass is 249 g/mol. The Hall–Kier alpha value is -1.27. The van der Waals surface area contributed by atoms with E-state index < -0.39 is 0 Å². The average Bonchev–Trinajstić information content (AvgIpc) is 2.98. The van der Waals surface area contributed by atoms with E-state index in [4.69, 9.17) is 0 Å². The predicted molar refractivity (Wildman–Crippen MR) is 66.8 cm³/mol. The number of thiazole rings is 1. The molecule has 2 N–H and O–H groups in total. The number of fused-ring (bicyclic) bond motifs is 1. The van der Waals surface area contributed by atoms with E-state index in [-0.39, 0.29) is 0 Å². The lowest BCUT2D eigenvalue weighted by Crippen LogP contribution is -2.23. The summed E-state index contributed by atoms with van der Waals surface area (Å²) in [4.78, 5) is 6.07. The Morgan fingerprint density at radius 3 is 3.29 bits per heavy atom. The van der Waals surface area contributed by atoms with Gasteiger partial charge in [0.25, 0.3) is 0 Å². The summed E-state index contributed by atoms with van der Waals surface area (Å²) in [6.45, 7) is 3.15. The normalized spacial score (nSPS) is 19.2. The fourth-order valence-corrected chi connectivity index (χ4v) is 3.45. The van der Waals surface area contributed by atoms with Crippen LogP contribution >= 0.6 is 11.3 Å². The molecule has 2 heterocycles. The topological polar surface area (TPSA) is 66.5 Å². The third-order valence-electron chi connectivity index (χ3n) is 3.04. The fourth-order valence-electron chi connectivity index (χ4n) is 2.28. The summed E-state index contributed by atoms with van der Waals surface area (Å²) in [5, 5.41) is 15.1. The molecule has 17 heavy (non-hydrogen) atoms. The Labute approximate surface area is 104 Å². The number of H-pyrrole nitrogens is 1. The van der Waals surface area contributed by atoms with Crippen molar-refractivity contribution >= 4 is 11.3 Å². The van der Waals surface area contributed by atoms with Crippen LogP contribution in [0, 0.1) is 0 Å². The molecule has 1 aliphatic carbocycles. The SMILES string of the molecule is CCNC1CCCc2nc(-c3cn[nH]n3)sc21. The molecular weight excluding hydrogens is 234 g/mol. The first-order valence-electron chi connectivity index (χ1n) is 5.97. The molecule has 2 aromatic rings. The number of nitrogens with zero attached hydrogens (tertiary/aromatic N) is 3. The van der Waals surface area contributed by atoms with Crippen molar-refractivity contribution in [1.29, 1.82) is 0 Å². The highest BCUT2D eigenvalue weighted by Gasteiger charge is 2.24. The van der Waals surface area contributed by atoms with E-state index >= 15 is 0 Å². The first-order valence-corrected chi connectivity index (χ1v) is 6.79. The Balaban J connectivity index is 1.96. The maximum Gasteiger partial charge on any atom is 0.145 e. The Bertz CT molecular complexity index is 490. The summed E-state index contributed by atoms with van der Waals surface area (Å²) in [6, 6.07) is 0.474. The first-order chi connectivity index (χ1) is 8.38. The highest BCUT2D eigenvalue weighted by atomic mass is 32.1. The lowest BCUT2D eigenvalue weighted by molar-refractivity contribution is 0.476. The predicted octanol–water partition coefficient (Wildman–Crippen LogP) is 1.92. The van der Waals surface area contributed by atoms with Crippen LogP contribution in [-0.4, -0.2) is 26.9 Å². The summed E-state index contributed by atoms with van der Waals surface area (Å²) in [5.74, 6) is 0. The first kappa shape index (κ1) is 10.9. The molecule has 0 bridgehead atoms. The molecule has 0 saturated heterocycles. The van der Waals surface area contributed by atoms with Gasteiger partial charge in [-0.15, -0.1) is 11.3 Å². The molecule has 0 spiro atoms. The van der Waals surface area contributed by atoms with Gasteiger partial charge in [0.2, 0.25) is 0 Å². The minimum Gasteiger partial charge on any atom is -0.309 e. The number of aryl methyl sites for hydroxylation is 1. The zero-order valence-corrected chi connectivity index (χ0v) is 10.5. The molecule has 0 fully saturated rings. The molecule has 1 atom stereocenters. The van der Waals surface area contributed by atoms with Crippen molar-refractivity contribution in [3.8, 4) is 10.7 Å². The quantitative estimate of drug-likeness (QED) is 0.872. The van der Waals surface area contributed by atoms with E-state index in [2.05, 4.69) is 32.6 Å². The largest absolute Gasteiger partial charge is 0.309 e. The number of hydrogen-bond donors (Lipinski definition) is 2. The van der Waals surface area contributed by atoms with Crippen LogP contribution in [-0.2, 0) is 6.42 Å². The van der Waals surface area contributed by atoms with Crippen LogP contribution in [0.4, 0.5) is 0 Å². The fraction of sp³-hybridized carbons (Fsp3) is 0.545. The molecule has 0 radical (unpaired) electrons. The zero-order chi connectivity index (χ0) is 11.7. The third-order valence-corrected chi connectivity index (χ3v) is 4.27. The van der Waals surface area contributed by atoms with Crippen molar-refractivity contribution in [2.24, 2.45) is 0 Å². The van der Waals surface area contributed by atoms with Gasteiger partial charge in [0.05, 0.1) is 11.9 Å². The highest BCUT2D eigenvalue weighted by molar-refractivity contribution is 7.15. The molecule has 1 unspecified atom stereocenters. The van der Waals surface area contributed by atoms with Gasteiger partial charge in [0.15, 0.2) is 0 Å². The number of hydrogen-bond acceptors (Lipinski definition) is 5. The number of rotatable bonds is 3. The van der Waals surface area contributed by atoms with Gasteiger partial charge in [-0.25, -0.2) is 4.98 Å². The van der Waals surface area contributed by atoms with Crippen LogP contribution in [0.25, 0.3) is 10.7 Å². The van der Waals surface area contributed by atoms with Crippen LogP contribution in [0.1, 0.15) is 36.4 Å². The maximum atomic E-state index is 4.68. The molecule has 0 aliphatic heterocycles. The maximum absolute atomic E-state index is 4.68. The van der Waals surface area contributed by atoms with Gasteiger partial charge in [0, 0.05) is 10.9 Å². The lowest BCUT2D eigenvalue weighted by atomic mass is 9.98.